The number of rotatable bonds is 2. The van der Waals surface area contributed by atoms with E-state index >= 15 is 0 Å². The number of piperidine rings is 1. The van der Waals surface area contributed by atoms with Crippen LogP contribution in [0.5, 0.6) is 0 Å². The summed E-state index contributed by atoms with van der Waals surface area (Å²) in [4.78, 5) is 13.9. The molecule has 70 valence electrons. The van der Waals surface area contributed by atoms with Gasteiger partial charge in [-0.1, -0.05) is 13.8 Å². The molecule has 1 saturated heterocycles. The van der Waals surface area contributed by atoms with E-state index in [1.54, 1.807) is 0 Å². The lowest BCUT2D eigenvalue weighted by Crippen LogP contribution is -2.37. The van der Waals surface area contributed by atoms with Gasteiger partial charge in [0.1, 0.15) is 5.78 Å². The summed E-state index contributed by atoms with van der Waals surface area (Å²) in [6, 6.07) is 0. The molecule has 12 heavy (non-hydrogen) atoms. The van der Waals surface area contributed by atoms with Crippen molar-refractivity contribution in [2.45, 2.75) is 26.7 Å². The van der Waals surface area contributed by atoms with Crippen molar-refractivity contribution >= 4 is 5.78 Å². The van der Waals surface area contributed by atoms with Crippen molar-refractivity contribution in [1.82, 2.24) is 4.90 Å². The van der Waals surface area contributed by atoms with Gasteiger partial charge in [0.05, 0.1) is 0 Å². The van der Waals surface area contributed by atoms with Gasteiger partial charge in [-0.3, -0.25) is 4.79 Å². The number of nitrogens with zero attached hydrogens (tertiary/aromatic N) is 1. The second kappa shape index (κ2) is 4.04. The van der Waals surface area contributed by atoms with Gasteiger partial charge in [0.25, 0.3) is 0 Å². The van der Waals surface area contributed by atoms with E-state index in [1.807, 2.05) is 13.8 Å². The topological polar surface area (TPSA) is 20.3 Å². The maximum Gasteiger partial charge on any atom is 0.139 e. The van der Waals surface area contributed by atoms with Crippen LogP contribution in [0.2, 0.25) is 0 Å². The van der Waals surface area contributed by atoms with E-state index in [0.29, 0.717) is 11.7 Å². The molecule has 1 heterocycles. The largest absolute Gasteiger partial charge is 0.306 e. The molecule has 0 N–H and O–H groups in total. The Hall–Kier alpha value is -0.370. The molecule has 2 heteroatoms. The first-order valence-electron chi connectivity index (χ1n) is 4.83. The molecule has 0 aliphatic carbocycles. The van der Waals surface area contributed by atoms with Crippen LogP contribution in [0, 0.1) is 11.8 Å². The van der Waals surface area contributed by atoms with Crippen molar-refractivity contribution in [3.63, 3.8) is 0 Å². The maximum absolute atomic E-state index is 11.6. The molecule has 0 aromatic carbocycles. The summed E-state index contributed by atoms with van der Waals surface area (Å²) in [5.41, 5.74) is 0. The minimum atomic E-state index is 0.210. The van der Waals surface area contributed by atoms with Gasteiger partial charge < -0.3 is 4.90 Å². The predicted octanol–water partition coefficient (Wildman–Crippen LogP) is 1.55. The number of ketones is 1. The van der Waals surface area contributed by atoms with Gasteiger partial charge >= 0.3 is 0 Å². The zero-order valence-corrected chi connectivity index (χ0v) is 8.34. The third-order valence-electron chi connectivity index (χ3n) is 2.60. The fraction of sp³-hybridized carbons (Fsp3) is 0.900. The Labute approximate surface area is 74.9 Å². The highest BCUT2D eigenvalue weighted by Crippen LogP contribution is 2.18. The van der Waals surface area contributed by atoms with Crippen molar-refractivity contribution in [3.05, 3.63) is 0 Å². The van der Waals surface area contributed by atoms with Crippen LogP contribution in [0.3, 0.4) is 0 Å². The van der Waals surface area contributed by atoms with Crippen LogP contribution in [0.1, 0.15) is 26.7 Å². The van der Waals surface area contributed by atoms with Crippen molar-refractivity contribution < 1.29 is 4.79 Å². The molecule has 0 aromatic rings. The van der Waals surface area contributed by atoms with E-state index in [9.17, 15) is 4.79 Å². The van der Waals surface area contributed by atoms with E-state index in [1.165, 1.54) is 6.42 Å². The smallest absolute Gasteiger partial charge is 0.139 e. The molecule has 1 fully saturated rings. The van der Waals surface area contributed by atoms with Crippen LogP contribution >= 0.6 is 0 Å². The third kappa shape index (κ3) is 2.31. The van der Waals surface area contributed by atoms with E-state index in [-0.39, 0.29) is 5.92 Å². The molecule has 0 spiro atoms. The van der Waals surface area contributed by atoms with Crippen LogP contribution < -0.4 is 0 Å². The van der Waals surface area contributed by atoms with Crippen LogP contribution in [-0.4, -0.2) is 30.8 Å². The summed E-state index contributed by atoms with van der Waals surface area (Å²) >= 11 is 0. The molecule has 1 aliphatic heterocycles. The average Bonchev–Trinajstić information content (AvgIpc) is 2.03. The van der Waals surface area contributed by atoms with Crippen LogP contribution in [0.25, 0.3) is 0 Å². The fourth-order valence-electron chi connectivity index (χ4n) is 1.87. The van der Waals surface area contributed by atoms with Crippen molar-refractivity contribution in [2.24, 2.45) is 11.8 Å². The summed E-state index contributed by atoms with van der Waals surface area (Å²) < 4.78 is 0. The number of hydrogen-bond acceptors (Lipinski definition) is 2. The first-order chi connectivity index (χ1) is 5.61. The highest BCUT2D eigenvalue weighted by atomic mass is 16.1. The minimum Gasteiger partial charge on any atom is -0.306 e. The normalized spacial score (nSPS) is 26.2. The molecule has 1 rings (SSSR count). The highest BCUT2D eigenvalue weighted by molar-refractivity contribution is 5.83. The molecule has 0 unspecified atom stereocenters. The number of likely N-dealkylation sites (tertiary alicyclic amines) is 1. The quantitative estimate of drug-likeness (QED) is 0.625. The molecule has 0 amide bonds. The second-order valence-electron chi connectivity index (χ2n) is 4.16. The number of hydrogen-bond donors (Lipinski definition) is 0. The van der Waals surface area contributed by atoms with Crippen molar-refractivity contribution in [3.8, 4) is 0 Å². The first-order valence-corrected chi connectivity index (χ1v) is 4.83. The molecular formula is C10H19NO. The Balaban J connectivity index is 2.46. The van der Waals surface area contributed by atoms with Gasteiger partial charge in [-0.2, -0.15) is 0 Å². The van der Waals surface area contributed by atoms with E-state index in [0.717, 1.165) is 19.5 Å². The standard InChI is InChI=1S/C10H19NO/c1-8(2)10(12)9-5-4-6-11(3)7-9/h8-9H,4-7H2,1-3H3/t9-/m1/s1. The lowest BCUT2D eigenvalue weighted by atomic mass is 9.88. The van der Waals surface area contributed by atoms with Gasteiger partial charge in [-0.05, 0) is 26.4 Å². The molecule has 1 atom stereocenters. The lowest BCUT2D eigenvalue weighted by Gasteiger charge is -2.29. The number of carbonyl (C=O) groups excluding carboxylic acids is 1. The summed E-state index contributed by atoms with van der Waals surface area (Å²) in [5.74, 6) is 0.965. The second-order valence-corrected chi connectivity index (χ2v) is 4.16. The highest BCUT2D eigenvalue weighted by Gasteiger charge is 2.25. The van der Waals surface area contributed by atoms with E-state index < -0.39 is 0 Å². The van der Waals surface area contributed by atoms with Crippen LogP contribution in [-0.2, 0) is 4.79 Å². The Bertz CT molecular complexity index is 165. The Morgan fingerprint density at radius 2 is 2.17 bits per heavy atom. The van der Waals surface area contributed by atoms with Crippen LogP contribution in [0.4, 0.5) is 0 Å². The van der Waals surface area contributed by atoms with E-state index in [4.69, 9.17) is 0 Å². The van der Waals surface area contributed by atoms with E-state index in [2.05, 4.69) is 11.9 Å². The Morgan fingerprint density at radius 1 is 1.50 bits per heavy atom. The van der Waals surface area contributed by atoms with Crippen molar-refractivity contribution in [2.75, 3.05) is 20.1 Å². The Kier molecular flexibility index (Phi) is 3.27. The van der Waals surface area contributed by atoms with Gasteiger partial charge in [-0.25, -0.2) is 0 Å². The first kappa shape index (κ1) is 9.72. The lowest BCUT2D eigenvalue weighted by molar-refractivity contribution is -0.127. The molecule has 0 aromatic heterocycles. The van der Waals surface area contributed by atoms with Gasteiger partial charge in [0, 0.05) is 18.4 Å². The molecule has 1 aliphatic rings. The van der Waals surface area contributed by atoms with Crippen LogP contribution in [0.15, 0.2) is 0 Å². The summed E-state index contributed by atoms with van der Waals surface area (Å²) in [5, 5.41) is 0. The minimum absolute atomic E-state index is 0.210. The SMILES string of the molecule is CC(C)C(=O)[C@@H]1CCCN(C)C1. The monoisotopic (exact) mass is 169 g/mol. The van der Waals surface area contributed by atoms with Gasteiger partial charge in [0.15, 0.2) is 0 Å². The average molecular weight is 169 g/mol. The maximum atomic E-state index is 11.6. The molecule has 0 radical (unpaired) electrons. The molecular weight excluding hydrogens is 150 g/mol. The molecule has 0 bridgehead atoms. The molecule has 2 nitrogen and oxygen atoms in total. The Morgan fingerprint density at radius 3 is 2.67 bits per heavy atom. The van der Waals surface area contributed by atoms with Crippen molar-refractivity contribution in [1.29, 1.82) is 0 Å². The van der Waals surface area contributed by atoms with Gasteiger partial charge in [0.2, 0.25) is 0 Å². The number of Topliss-reactive ketones (excluding diaryl/α,β-unsaturated/α-hetero) is 1. The zero-order chi connectivity index (χ0) is 9.14. The summed E-state index contributed by atoms with van der Waals surface area (Å²) in [6.45, 7) is 6.12. The molecule has 0 saturated carbocycles. The zero-order valence-electron chi connectivity index (χ0n) is 8.34. The third-order valence-corrected chi connectivity index (χ3v) is 2.60. The summed E-state index contributed by atoms with van der Waals surface area (Å²) in [7, 11) is 2.10. The predicted molar refractivity (Wildman–Crippen MR) is 50.1 cm³/mol. The van der Waals surface area contributed by atoms with Gasteiger partial charge in [-0.15, -0.1) is 0 Å². The number of carbonyl (C=O) groups is 1. The fourth-order valence-corrected chi connectivity index (χ4v) is 1.87. The summed E-state index contributed by atoms with van der Waals surface area (Å²) in [6.07, 6.45) is 2.28.